The zero-order valence-corrected chi connectivity index (χ0v) is 7.24. The van der Waals surface area contributed by atoms with Crippen LogP contribution in [0.3, 0.4) is 0 Å². The molecule has 42 valence electrons. The quantitative estimate of drug-likeness (QED) is 0.276. The van der Waals surface area contributed by atoms with Crippen LogP contribution in [-0.4, -0.2) is 20.4 Å². The van der Waals surface area contributed by atoms with Gasteiger partial charge < -0.3 is 25.3 Å². The molecule has 0 bridgehead atoms. The second-order valence-electron chi connectivity index (χ2n) is 0.965. The van der Waals surface area contributed by atoms with E-state index in [9.17, 15) is 0 Å². The SMILES string of the molecule is [Li+].[Li+].[S-]c1nnc([S-])nn1. The molecule has 0 atom stereocenters. The summed E-state index contributed by atoms with van der Waals surface area (Å²) in [5.41, 5.74) is 0. The molecular formula is C2Li2N4S2. The largest absolute Gasteiger partial charge is 1.00 e. The number of nitrogens with zero attached hydrogens (tertiary/aromatic N) is 4. The molecule has 1 aromatic rings. The van der Waals surface area contributed by atoms with E-state index in [1.807, 2.05) is 0 Å². The van der Waals surface area contributed by atoms with Crippen molar-refractivity contribution in [1.82, 2.24) is 20.4 Å². The molecule has 0 saturated carbocycles. The molecule has 0 aliphatic heterocycles. The van der Waals surface area contributed by atoms with Gasteiger partial charge in [0.15, 0.2) is 0 Å². The van der Waals surface area contributed by atoms with Gasteiger partial charge >= 0.3 is 37.7 Å². The molecule has 0 radical (unpaired) electrons. The summed E-state index contributed by atoms with van der Waals surface area (Å²) in [6, 6.07) is 0. The van der Waals surface area contributed by atoms with Gasteiger partial charge in [-0.25, -0.2) is 0 Å². The molecule has 0 N–H and O–H groups in total. The summed E-state index contributed by atoms with van der Waals surface area (Å²) in [7, 11) is 0. The number of hydrogen-bond acceptors (Lipinski definition) is 6. The Balaban J connectivity index is 0. The van der Waals surface area contributed by atoms with Gasteiger partial charge in [0.1, 0.15) is 0 Å². The molecule has 1 rings (SSSR count). The number of hydrogen-bond donors (Lipinski definition) is 0. The fourth-order valence-corrected chi connectivity index (χ4v) is 0.374. The summed E-state index contributed by atoms with van der Waals surface area (Å²) in [4.78, 5) is 0. The minimum Gasteiger partial charge on any atom is -0.736 e. The van der Waals surface area contributed by atoms with E-state index >= 15 is 0 Å². The smallest absolute Gasteiger partial charge is 0.736 e. The molecule has 1 aromatic heterocycles. The third kappa shape index (κ3) is 4.40. The molecule has 0 saturated heterocycles. The number of rotatable bonds is 0. The fourth-order valence-electron chi connectivity index (χ4n) is 0.211. The van der Waals surface area contributed by atoms with Crippen LogP contribution in [-0.2, 0) is 25.3 Å². The van der Waals surface area contributed by atoms with Crippen LogP contribution in [0.1, 0.15) is 0 Å². The van der Waals surface area contributed by atoms with Crippen LogP contribution in [0.2, 0.25) is 0 Å². The number of aromatic nitrogens is 4. The van der Waals surface area contributed by atoms with Crippen LogP contribution in [0.25, 0.3) is 0 Å². The van der Waals surface area contributed by atoms with E-state index in [0.717, 1.165) is 0 Å². The van der Waals surface area contributed by atoms with Crippen LogP contribution in [0.5, 0.6) is 0 Å². The minimum atomic E-state index is 0. The van der Waals surface area contributed by atoms with Gasteiger partial charge in [-0.2, -0.15) is 20.4 Å². The molecule has 8 heteroatoms. The second-order valence-corrected chi connectivity index (χ2v) is 1.70. The molecule has 0 fully saturated rings. The first kappa shape index (κ1) is 13.2. The monoisotopic (exact) mass is 158 g/mol. The van der Waals surface area contributed by atoms with E-state index in [-0.39, 0.29) is 48.0 Å². The van der Waals surface area contributed by atoms with E-state index in [1.54, 1.807) is 0 Å². The van der Waals surface area contributed by atoms with Crippen molar-refractivity contribution in [3.63, 3.8) is 0 Å². The standard InChI is InChI=1S/C2H2N4S2.2Li/c7-1-3-5-2(8)6-4-1;;/h(H,3,4,7)(H,5,6,8);;/q;2*+1/p-2. The van der Waals surface area contributed by atoms with Crippen molar-refractivity contribution < 1.29 is 37.7 Å². The third-order valence-corrected chi connectivity index (χ3v) is 0.769. The maximum atomic E-state index is 4.48. The van der Waals surface area contributed by atoms with E-state index in [2.05, 4.69) is 45.7 Å². The predicted molar refractivity (Wildman–Crippen MR) is 28.9 cm³/mol. The van der Waals surface area contributed by atoms with E-state index in [4.69, 9.17) is 0 Å². The molecule has 0 unspecified atom stereocenters. The van der Waals surface area contributed by atoms with Gasteiger partial charge in [0.2, 0.25) is 0 Å². The molecule has 0 aliphatic rings. The molecule has 0 aromatic carbocycles. The maximum absolute atomic E-state index is 4.48. The van der Waals surface area contributed by atoms with Crippen molar-refractivity contribution in [3.8, 4) is 0 Å². The average Bonchev–Trinajstić information content (AvgIpc) is 1.77. The zero-order valence-electron chi connectivity index (χ0n) is 5.61. The Labute approximate surface area is 93.2 Å². The minimum absolute atomic E-state index is 0. The van der Waals surface area contributed by atoms with Crippen LogP contribution < -0.4 is 37.7 Å². The van der Waals surface area contributed by atoms with Crippen molar-refractivity contribution >= 4 is 25.3 Å². The van der Waals surface area contributed by atoms with Gasteiger partial charge in [0.25, 0.3) is 0 Å². The first-order valence-corrected chi connectivity index (χ1v) is 2.52. The van der Waals surface area contributed by atoms with Crippen LogP contribution in [0.4, 0.5) is 0 Å². The van der Waals surface area contributed by atoms with E-state index in [0.29, 0.717) is 0 Å². The zero-order chi connectivity index (χ0) is 5.98. The van der Waals surface area contributed by atoms with Crippen LogP contribution >= 0.6 is 0 Å². The van der Waals surface area contributed by atoms with Gasteiger partial charge in [0, 0.05) is 0 Å². The van der Waals surface area contributed by atoms with Crippen molar-refractivity contribution in [3.05, 3.63) is 0 Å². The van der Waals surface area contributed by atoms with E-state index < -0.39 is 0 Å². The van der Waals surface area contributed by atoms with Crippen molar-refractivity contribution in [1.29, 1.82) is 0 Å². The predicted octanol–water partition coefficient (Wildman–Crippen LogP) is -6.91. The Morgan fingerprint density at radius 1 is 0.700 bits per heavy atom. The Morgan fingerprint density at radius 2 is 0.900 bits per heavy atom. The summed E-state index contributed by atoms with van der Waals surface area (Å²) in [5, 5.41) is 13.7. The first-order valence-electron chi connectivity index (χ1n) is 1.70. The molecule has 0 amide bonds. The summed E-state index contributed by atoms with van der Waals surface area (Å²) < 4.78 is 0. The van der Waals surface area contributed by atoms with Crippen molar-refractivity contribution in [2.24, 2.45) is 0 Å². The normalized spacial score (nSPS) is 7.20. The summed E-state index contributed by atoms with van der Waals surface area (Å²) >= 11 is 8.96. The Kier molecular flexibility index (Phi) is 8.30. The Morgan fingerprint density at radius 3 is 1.10 bits per heavy atom. The van der Waals surface area contributed by atoms with Gasteiger partial charge in [0.05, 0.1) is 10.3 Å². The van der Waals surface area contributed by atoms with Gasteiger partial charge in [-0.1, -0.05) is 0 Å². The van der Waals surface area contributed by atoms with Gasteiger partial charge in [-0.15, -0.1) is 0 Å². The summed E-state index contributed by atoms with van der Waals surface area (Å²) in [6.07, 6.45) is 0. The van der Waals surface area contributed by atoms with Crippen LogP contribution in [0, 0.1) is 0 Å². The average molecular weight is 158 g/mol. The molecule has 4 nitrogen and oxygen atoms in total. The van der Waals surface area contributed by atoms with Crippen molar-refractivity contribution in [2.75, 3.05) is 0 Å². The Hall–Kier alpha value is 0.575. The molecular weight excluding hydrogens is 158 g/mol. The van der Waals surface area contributed by atoms with Crippen LogP contribution in [0.15, 0.2) is 10.3 Å². The van der Waals surface area contributed by atoms with Gasteiger partial charge in [-0.05, 0) is 0 Å². The fraction of sp³-hybridized carbons (Fsp3) is 0. The molecule has 10 heavy (non-hydrogen) atoms. The third-order valence-electron chi connectivity index (χ3n) is 0.442. The van der Waals surface area contributed by atoms with Crippen molar-refractivity contribution in [2.45, 2.75) is 10.3 Å². The van der Waals surface area contributed by atoms with Gasteiger partial charge in [-0.3, -0.25) is 0 Å². The molecule has 1 heterocycles. The summed E-state index contributed by atoms with van der Waals surface area (Å²) in [5.74, 6) is 0. The molecule has 0 aliphatic carbocycles. The molecule has 0 spiro atoms. The maximum Gasteiger partial charge on any atom is 1.00 e. The van der Waals surface area contributed by atoms with E-state index in [1.165, 1.54) is 0 Å². The topological polar surface area (TPSA) is 51.6 Å². The first-order chi connectivity index (χ1) is 3.79. The Bertz CT molecular complexity index is 158. The summed E-state index contributed by atoms with van der Waals surface area (Å²) in [6.45, 7) is 0. The second kappa shape index (κ2) is 6.30.